The lowest BCUT2D eigenvalue weighted by Crippen LogP contribution is -2.47. The Bertz CT molecular complexity index is 720. The zero-order valence-electron chi connectivity index (χ0n) is 15.3. The molecule has 7 nitrogen and oxygen atoms in total. The maximum Gasteiger partial charge on any atom is 0.137 e. The van der Waals surface area contributed by atoms with Crippen molar-refractivity contribution in [3.63, 3.8) is 0 Å². The van der Waals surface area contributed by atoms with Crippen molar-refractivity contribution in [2.45, 2.75) is 45.8 Å². The smallest absolute Gasteiger partial charge is 0.137 e. The lowest BCUT2D eigenvalue weighted by molar-refractivity contribution is -0.0796. The van der Waals surface area contributed by atoms with E-state index in [0.29, 0.717) is 13.0 Å². The zero-order chi connectivity index (χ0) is 19.0. The molecule has 2 aromatic heterocycles. The van der Waals surface area contributed by atoms with Crippen LogP contribution in [0.5, 0.6) is 0 Å². The highest BCUT2D eigenvalue weighted by Crippen LogP contribution is 2.35. The molecule has 2 N–H and O–H groups in total. The monoisotopic (exact) mass is 376 g/mol. The molecule has 0 aliphatic carbocycles. The molecule has 1 atom stereocenters. The Kier molecular flexibility index (Phi) is 6.88. The largest absolute Gasteiger partial charge is 0.387 e. The van der Waals surface area contributed by atoms with Crippen LogP contribution in [-0.2, 0) is 13.0 Å². The van der Waals surface area contributed by atoms with Gasteiger partial charge in [0.2, 0.25) is 0 Å². The Hall–Kier alpha value is -2.25. The molecule has 0 amide bonds. The van der Waals surface area contributed by atoms with E-state index in [1.807, 2.05) is 45.0 Å². The van der Waals surface area contributed by atoms with Gasteiger partial charge in [0, 0.05) is 5.02 Å². The summed E-state index contributed by atoms with van der Waals surface area (Å²) >= 11 is 5.90. The predicted octanol–water partition coefficient (Wildman–Crippen LogP) is 3.15. The third-order valence-corrected chi connectivity index (χ3v) is 4.61. The number of aliphatic hydroxyl groups is 1. The van der Waals surface area contributed by atoms with Crippen molar-refractivity contribution in [3.8, 4) is 0 Å². The van der Waals surface area contributed by atoms with Crippen LogP contribution in [0.3, 0.4) is 0 Å². The SMILES string of the molecule is CC(C)(C)C(O)(CCc1ccc(Cl)cc1)Cn1cncn1.c1cn[nH]n1. The van der Waals surface area contributed by atoms with Crippen LogP contribution < -0.4 is 0 Å². The van der Waals surface area contributed by atoms with E-state index in [2.05, 4.69) is 25.5 Å². The number of halogens is 1. The van der Waals surface area contributed by atoms with Crippen LogP contribution in [0.4, 0.5) is 0 Å². The minimum Gasteiger partial charge on any atom is -0.387 e. The Morgan fingerprint density at radius 2 is 1.77 bits per heavy atom. The topological polar surface area (TPSA) is 92.5 Å². The molecule has 0 bridgehead atoms. The van der Waals surface area contributed by atoms with Gasteiger partial charge >= 0.3 is 0 Å². The van der Waals surface area contributed by atoms with E-state index < -0.39 is 5.60 Å². The van der Waals surface area contributed by atoms with Gasteiger partial charge in [-0.2, -0.15) is 20.5 Å². The van der Waals surface area contributed by atoms with Gasteiger partial charge in [-0.15, -0.1) is 0 Å². The van der Waals surface area contributed by atoms with Gasteiger partial charge in [-0.1, -0.05) is 44.5 Å². The first kappa shape index (κ1) is 20.1. The van der Waals surface area contributed by atoms with Crippen molar-refractivity contribution in [2.75, 3.05) is 0 Å². The summed E-state index contributed by atoms with van der Waals surface area (Å²) in [6.45, 7) is 6.58. The standard InChI is InChI=1S/C16H22ClN3O.C2H3N3/c1-15(2,3)16(21,10-20-12-18-11-19-20)9-8-13-4-6-14(17)7-5-13;1-2-4-5-3-1/h4-7,11-12,21H,8-10H2,1-3H3;1-2H,(H,3,4,5). The molecule has 26 heavy (non-hydrogen) atoms. The molecule has 0 fully saturated rings. The van der Waals surface area contributed by atoms with Crippen LogP contribution in [0.15, 0.2) is 49.3 Å². The van der Waals surface area contributed by atoms with Gasteiger partial charge in [0.1, 0.15) is 12.7 Å². The molecule has 0 aliphatic rings. The summed E-state index contributed by atoms with van der Waals surface area (Å²) in [5.41, 5.74) is 0.0479. The van der Waals surface area contributed by atoms with E-state index in [1.165, 1.54) is 11.9 Å². The van der Waals surface area contributed by atoms with Gasteiger partial charge in [0.25, 0.3) is 0 Å². The minimum absolute atomic E-state index is 0.259. The highest BCUT2D eigenvalue weighted by molar-refractivity contribution is 6.30. The van der Waals surface area contributed by atoms with Gasteiger partial charge in [-0.05, 0) is 36.0 Å². The fourth-order valence-corrected chi connectivity index (χ4v) is 2.57. The fraction of sp³-hybridized carbons (Fsp3) is 0.444. The van der Waals surface area contributed by atoms with Crippen LogP contribution in [0.1, 0.15) is 32.8 Å². The Morgan fingerprint density at radius 1 is 1.12 bits per heavy atom. The minimum atomic E-state index is -0.861. The van der Waals surface area contributed by atoms with Crippen LogP contribution in [0.25, 0.3) is 0 Å². The number of hydrogen-bond acceptors (Lipinski definition) is 5. The van der Waals surface area contributed by atoms with Crippen molar-refractivity contribution >= 4 is 11.6 Å². The molecule has 8 heteroatoms. The number of aryl methyl sites for hydroxylation is 1. The van der Waals surface area contributed by atoms with E-state index in [-0.39, 0.29) is 5.41 Å². The second-order valence-corrected chi connectivity index (χ2v) is 7.59. The zero-order valence-corrected chi connectivity index (χ0v) is 16.1. The maximum absolute atomic E-state index is 11.1. The first-order valence-corrected chi connectivity index (χ1v) is 8.77. The van der Waals surface area contributed by atoms with E-state index in [9.17, 15) is 5.11 Å². The summed E-state index contributed by atoms with van der Waals surface area (Å²) in [7, 11) is 0. The first-order valence-electron chi connectivity index (χ1n) is 8.39. The number of hydrogen-bond donors (Lipinski definition) is 2. The van der Waals surface area contributed by atoms with Crippen molar-refractivity contribution < 1.29 is 5.11 Å². The highest BCUT2D eigenvalue weighted by Gasteiger charge is 2.40. The quantitative estimate of drug-likeness (QED) is 0.713. The molecular weight excluding hydrogens is 352 g/mol. The lowest BCUT2D eigenvalue weighted by atomic mass is 9.73. The van der Waals surface area contributed by atoms with Crippen molar-refractivity contribution in [1.82, 2.24) is 30.2 Å². The van der Waals surface area contributed by atoms with Crippen molar-refractivity contribution in [2.24, 2.45) is 5.41 Å². The number of nitrogens with one attached hydrogen (secondary N) is 1. The number of nitrogens with zero attached hydrogens (tertiary/aromatic N) is 5. The number of benzene rings is 1. The van der Waals surface area contributed by atoms with Gasteiger partial charge in [-0.25, -0.2) is 4.98 Å². The van der Waals surface area contributed by atoms with Gasteiger partial charge in [0.05, 0.1) is 24.5 Å². The maximum atomic E-state index is 11.1. The second-order valence-electron chi connectivity index (χ2n) is 7.16. The molecule has 0 spiro atoms. The molecule has 0 aliphatic heterocycles. The number of rotatable bonds is 5. The third kappa shape index (κ3) is 5.93. The van der Waals surface area contributed by atoms with Crippen LogP contribution in [-0.4, -0.2) is 40.9 Å². The van der Waals surface area contributed by atoms with E-state index >= 15 is 0 Å². The average molecular weight is 377 g/mol. The molecule has 3 aromatic rings. The summed E-state index contributed by atoms with van der Waals surface area (Å²) in [5, 5.41) is 25.3. The predicted molar refractivity (Wildman–Crippen MR) is 101 cm³/mol. The van der Waals surface area contributed by atoms with E-state index in [4.69, 9.17) is 11.6 Å². The van der Waals surface area contributed by atoms with Crippen LogP contribution in [0.2, 0.25) is 5.02 Å². The summed E-state index contributed by atoms with van der Waals surface area (Å²) in [6.07, 6.45) is 7.74. The van der Waals surface area contributed by atoms with E-state index in [0.717, 1.165) is 11.4 Å². The van der Waals surface area contributed by atoms with Gasteiger partial charge in [0.15, 0.2) is 0 Å². The highest BCUT2D eigenvalue weighted by atomic mass is 35.5. The Balaban J connectivity index is 0.000000417. The molecule has 1 aromatic carbocycles. The average Bonchev–Trinajstić information content (AvgIpc) is 3.30. The summed E-state index contributed by atoms with van der Waals surface area (Å²) in [5.74, 6) is 0. The molecule has 1 unspecified atom stereocenters. The number of aromatic nitrogens is 6. The number of aromatic amines is 1. The van der Waals surface area contributed by atoms with Gasteiger partial charge < -0.3 is 5.11 Å². The van der Waals surface area contributed by atoms with Crippen molar-refractivity contribution in [3.05, 3.63) is 59.9 Å². The Morgan fingerprint density at radius 3 is 2.23 bits per heavy atom. The van der Waals surface area contributed by atoms with Crippen LogP contribution in [0, 0.1) is 5.41 Å². The third-order valence-electron chi connectivity index (χ3n) is 4.36. The van der Waals surface area contributed by atoms with Gasteiger partial charge in [-0.3, -0.25) is 4.68 Å². The fourth-order valence-electron chi connectivity index (χ4n) is 2.44. The summed E-state index contributed by atoms with van der Waals surface area (Å²) < 4.78 is 1.69. The summed E-state index contributed by atoms with van der Waals surface area (Å²) in [4.78, 5) is 3.94. The molecule has 140 valence electrons. The van der Waals surface area contributed by atoms with Crippen LogP contribution >= 0.6 is 11.6 Å². The van der Waals surface area contributed by atoms with Crippen molar-refractivity contribution in [1.29, 1.82) is 0 Å². The Labute approximate surface area is 158 Å². The summed E-state index contributed by atoms with van der Waals surface area (Å²) in [6, 6.07) is 7.76. The molecule has 2 heterocycles. The van der Waals surface area contributed by atoms with E-state index in [1.54, 1.807) is 23.4 Å². The molecule has 3 rings (SSSR count). The number of H-pyrrole nitrogens is 1. The molecule has 0 saturated heterocycles. The molecule has 0 saturated carbocycles. The first-order chi connectivity index (χ1) is 12.3. The lowest BCUT2D eigenvalue weighted by Gasteiger charge is -2.40. The second kappa shape index (κ2) is 8.91. The molecular formula is C18H25ClN6O. The molecule has 0 radical (unpaired) electrons. The normalized spacial score (nSPS) is 13.6.